The molecule has 2 heterocycles. The van der Waals surface area contributed by atoms with Crippen LogP contribution in [-0.4, -0.2) is 91.8 Å². The van der Waals surface area contributed by atoms with Crippen LogP contribution in [0.3, 0.4) is 0 Å². The normalized spacial score (nSPS) is 28.1. The maximum atomic E-state index is 11.9. The van der Waals surface area contributed by atoms with Crippen LogP contribution in [0.15, 0.2) is 0 Å². The molecule has 0 amide bonds. The van der Waals surface area contributed by atoms with Crippen LogP contribution in [0.1, 0.15) is 98.8 Å². The van der Waals surface area contributed by atoms with Crippen molar-refractivity contribution in [3.05, 3.63) is 0 Å². The quantitative estimate of drug-likeness (QED) is 0.110. The van der Waals surface area contributed by atoms with Gasteiger partial charge < -0.3 is 28.4 Å². The van der Waals surface area contributed by atoms with Gasteiger partial charge in [-0.05, 0) is 24.7 Å². The van der Waals surface area contributed by atoms with Crippen molar-refractivity contribution in [2.75, 3.05) is 37.2 Å². The molecule has 10 nitrogen and oxygen atoms in total. The van der Waals surface area contributed by atoms with Crippen LogP contribution >= 0.6 is 10.0 Å². The van der Waals surface area contributed by atoms with Gasteiger partial charge in [0.1, 0.15) is 12.7 Å². The van der Waals surface area contributed by atoms with Crippen molar-refractivity contribution in [3.63, 3.8) is 0 Å². The van der Waals surface area contributed by atoms with Crippen LogP contribution in [0.4, 0.5) is 0 Å². The zero-order valence-electron chi connectivity index (χ0n) is 26.3. The number of hydrogen-bond donors (Lipinski definition) is 0. The van der Waals surface area contributed by atoms with E-state index in [9.17, 15) is 14.4 Å². The molecule has 11 heteroatoms. The number of fused-ring (bicyclic) bond motifs is 1. The molecule has 41 heavy (non-hydrogen) atoms. The lowest BCUT2D eigenvalue weighted by atomic mass is 9.98. The van der Waals surface area contributed by atoms with Gasteiger partial charge >= 0.3 is 17.9 Å². The second-order valence-corrected chi connectivity index (χ2v) is 16.1. The Morgan fingerprint density at radius 2 is 1.32 bits per heavy atom. The van der Waals surface area contributed by atoms with E-state index in [4.69, 9.17) is 33.2 Å². The third kappa shape index (κ3) is 13.2. The summed E-state index contributed by atoms with van der Waals surface area (Å²) in [5, 5.41) is 0. The summed E-state index contributed by atoms with van der Waals surface area (Å²) in [6, 6.07) is 0. The van der Waals surface area contributed by atoms with Crippen molar-refractivity contribution in [1.29, 1.82) is 0 Å². The first-order chi connectivity index (χ1) is 19.4. The van der Waals surface area contributed by atoms with E-state index < -0.39 is 64.6 Å². The van der Waals surface area contributed by atoms with Gasteiger partial charge in [-0.25, -0.2) is 10.0 Å². The molecule has 6 atom stereocenters. The molecule has 0 aromatic heterocycles. The van der Waals surface area contributed by atoms with Crippen molar-refractivity contribution in [1.82, 2.24) is 0 Å². The van der Waals surface area contributed by atoms with Crippen molar-refractivity contribution < 1.29 is 47.5 Å². The second kappa shape index (κ2) is 17.7. The van der Waals surface area contributed by atoms with Crippen LogP contribution in [-0.2, 0) is 47.5 Å². The van der Waals surface area contributed by atoms with E-state index in [0.29, 0.717) is 6.61 Å². The molecule has 0 saturated carbocycles. The summed E-state index contributed by atoms with van der Waals surface area (Å²) < 4.78 is 40.2. The molecular formula is C30H54O10S. The Hall–Kier alpha value is -1.40. The number of carbonyl (C=O) groups excluding carboxylic acids is 3. The molecule has 2 aliphatic rings. The molecule has 2 rings (SSSR count). The first-order valence-electron chi connectivity index (χ1n) is 15.2. The molecule has 0 radical (unpaired) electrons. The first-order valence-corrected chi connectivity index (χ1v) is 18.0. The predicted octanol–water partition coefficient (Wildman–Crippen LogP) is 5.23. The number of unbranched alkanes of at least 4 members (excludes halogenated alkanes) is 9. The minimum absolute atomic E-state index is 0.217. The fourth-order valence-electron chi connectivity index (χ4n) is 5.18. The highest BCUT2D eigenvalue weighted by atomic mass is 32.3. The van der Waals surface area contributed by atoms with Gasteiger partial charge in [-0.2, -0.15) is 0 Å². The number of hydrogen-bond acceptors (Lipinski definition) is 10. The lowest BCUT2D eigenvalue weighted by Gasteiger charge is -2.40. The van der Waals surface area contributed by atoms with Gasteiger partial charge in [0.05, 0.1) is 6.61 Å². The maximum Gasteiger partial charge on any atom is 0.303 e. The highest BCUT2D eigenvalue weighted by Gasteiger charge is 2.59. The Labute approximate surface area is 248 Å². The molecule has 0 N–H and O–H groups in total. The molecule has 0 aliphatic carbocycles. The Bertz CT molecular complexity index is 821. The van der Waals surface area contributed by atoms with Gasteiger partial charge in [-0.3, -0.25) is 19.1 Å². The number of rotatable bonds is 19. The molecule has 2 aliphatic heterocycles. The topological polar surface area (TPSA) is 116 Å². The molecule has 240 valence electrons. The van der Waals surface area contributed by atoms with E-state index in [2.05, 4.69) is 19.4 Å². The summed E-state index contributed by atoms with van der Waals surface area (Å²) in [4.78, 5) is 35.2. The van der Waals surface area contributed by atoms with E-state index >= 15 is 0 Å². The van der Waals surface area contributed by atoms with E-state index in [1.54, 1.807) is 6.92 Å². The van der Waals surface area contributed by atoms with Crippen LogP contribution < -0.4 is 0 Å². The lowest BCUT2D eigenvalue weighted by molar-refractivity contribution is -0.342. The Balaban J connectivity index is 1.85. The summed E-state index contributed by atoms with van der Waals surface area (Å²) >= 11 is 0. The minimum atomic E-state index is -1.45. The predicted molar refractivity (Wildman–Crippen MR) is 158 cm³/mol. The van der Waals surface area contributed by atoms with Crippen LogP contribution in [0.25, 0.3) is 0 Å². The van der Waals surface area contributed by atoms with Gasteiger partial charge in [-0.1, -0.05) is 64.7 Å². The molecule has 2 fully saturated rings. The third-order valence-corrected chi connectivity index (χ3v) is 10.0. The highest BCUT2D eigenvalue weighted by Crippen LogP contribution is 2.43. The largest absolute Gasteiger partial charge is 0.463 e. The smallest absolute Gasteiger partial charge is 0.303 e. The maximum absolute atomic E-state index is 11.9. The molecule has 0 spiro atoms. The van der Waals surface area contributed by atoms with Crippen LogP contribution in [0.2, 0.25) is 0 Å². The average Bonchev–Trinajstić information content (AvgIpc) is 3.20. The number of carbonyl (C=O) groups is 3. The molecule has 0 aromatic rings. The summed E-state index contributed by atoms with van der Waals surface area (Å²) in [5.41, 5.74) is 0. The van der Waals surface area contributed by atoms with Gasteiger partial charge in [0.25, 0.3) is 5.97 Å². The summed E-state index contributed by atoms with van der Waals surface area (Å²) in [5.74, 6) is -1.09. The monoisotopic (exact) mass is 606 g/mol. The second-order valence-electron chi connectivity index (χ2n) is 11.8. The van der Waals surface area contributed by atoms with E-state index in [0.717, 1.165) is 5.75 Å². The van der Waals surface area contributed by atoms with Crippen molar-refractivity contribution >= 4 is 27.9 Å². The fraction of sp³-hybridized carbons (Fsp3) is 0.900. The minimum Gasteiger partial charge on any atom is -0.463 e. The van der Waals surface area contributed by atoms with Crippen LogP contribution in [0, 0.1) is 0 Å². The third-order valence-electron chi connectivity index (χ3n) is 7.38. The number of ether oxygens (including phenoxy) is 7. The fourth-order valence-corrected chi connectivity index (χ4v) is 6.91. The molecule has 6 unspecified atom stereocenters. The molecule has 0 bridgehead atoms. The Morgan fingerprint density at radius 1 is 0.756 bits per heavy atom. The van der Waals surface area contributed by atoms with Gasteiger partial charge in [0.2, 0.25) is 0 Å². The van der Waals surface area contributed by atoms with Gasteiger partial charge in [0.15, 0.2) is 24.6 Å². The highest BCUT2D eigenvalue weighted by molar-refractivity contribution is 8.32. The van der Waals surface area contributed by atoms with Crippen molar-refractivity contribution in [2.45, 2.75) is 136 Å². The lowest BCUT2D eigenvalue weighted by Crippen LogP contribution is -2.60. The zero-order chi connectivity index (χ0) is 30.5. The molecule has 0 aromatic carbocycles. The van der Waals surface area contributed by atoms with Crippen molar-refractivity contribution in [3.8, 4) is 0 Å². The average molecular weight is 607 g/mol. The van der Waals surface area contributed by atoms with E-state index in [1.807, 2.05) is 0 Å². The summed E-state index contributed by atoms with van der Waals surface area (Å²) in [6.45, 7) is 7.86. The van der Waals surface area contributed by atoms with Crippen LogP contribution in [0.5, 0.6) is 0 Å². The first kappa shape index (κ1) is 35.8. The van der Waals surface area contributed by atoms with Gasteiger partial charge in [0, 0.05) is 33.4 Å². The Morgan fingerprint density at radius 3 is 1.88 bits per heavy atom. The molecule has 2 saturated heterocycles. The summed E-state index contributed by atoms with van der Waals surface area (Å²) in [7, 11) is -0.849. The SMILES string of the molecule is CCCCCCCCCCCCS(C)(C)CCOC1(C)OC2OC(COC(C)=O)C(OC(C)=O)C(OC(C)=O)C2O1. The standard InChI is InChI=1S/C30H54O10S/c1-8-9-10-11-12-13-14-15-16-17-19-41(6,7)20-18-35-30(5)39-28-27(37-24(4)33)26(36-23(3)32)25(21-34-22(2)31)38-29(28)40-30/h25-29H,8-21H2,1-7H3. The zero-order valence-corrected chi connectivity index (χ0v) is 27.1. The number of esters is 3. The van der Waals surface area contributed by atoms with E-state index in [-0.39, 0.29) is 6.61 Å². The molecular weight excluding hydrogens is 552 g/mol. The summed E-state index contributed by atoms with van der Waals surface area (Å²) in [6.07, 6.45) is 13.0. The van der Waals surface area contributed by atoms with Gasteiger partial charge in [-0.15, -0.1) is 0 Å². The Kier molecular flexibility index (Phi) is 15.4. The van der Waals surface area contributed by atoms with Crippen molar-refractivity contribution in [2.24, 2.45) is 0 Å². The van der Waals surface area contributed by atoms with E-state index in [1.165, 1.54) is 90.7 Å².